The first kappa shape index (κ1) is 20.0. The first-order chi connectivity index (χ1) is 11.2. The van der Waals surface area contributed by atoms with E-state index in [1.54, 1.807) is 0 Å². The van der Waals surface area contributed by atoms with Crippen LogP contribution in [0.4, 0.5) is 13.2 Å². The minimum atomic E-state index is -4.38. The van der Waals surface area contributed by atoms with Crippen LogP contribution in [0.25, 0.3) is 0 Å². The molecule has 0 saturated carbocycles. The SMILES string of the molecule is CC(=O)NC(CC(=O)NCCOCC(F)(F)F)c1ccc(C)cc1. The summed E-state index contributed by atoms with van der Waals surface area (Å²) in [4.78, 5) is 23.2. The van der Waals surface area contributed by atoms with Crippen LogP contribution in [0.15, 0.2) is 24.3 Å². The highest BCUT2D eigenvalue weighted by molar-refractivity contribution is 5.79. The molecule has 0 aromatic heterocycles. The van der Waals surface area contributed by atoms with Gasteiger partial charge in [0.05, 0.1) is 19.1 Å². The number of amides is 2. The fraction of sp³-hybridized carbons (Fsp3) is 0.500. The van der Waals surface area contributed by atoms with Gasteiger partial charge in [-0.05, 0) is 12.5 Å². The molecular formula is C16H21F3N2O3. The van der Waals surface area contributed by atoms with Crippen molar-refractivity contribution >= 4 is 11.8 Å². The minimum absolute atomic E-state index is 0.0120. The average Bonchev–Trinajstić information content (AvgIpc) is 2.45. The molecule has 0 heterocycles. The normalized spacial score (nSPS) is 12.5. The predicted molar refractivity (Wildman–Crippen MR) is 82.2 cm³/mol. The number of carbonyl (C=O) groups is 2. The first-order valence-corrected chi connectivity index (χ1v) is 7.42. The molecule has 0 saturated heterocycles. The molecule has 0 bridgehead atoms. The quantitative estimate of drug-likeness (QED) is 0.710. The number of aryl methyl sites for hydroxylation is 1. The second kappa shape index (κ2) is 9.27. The maximum atomic E-state index is 11.9. The highest BCUT2D eigenvalue weighted by Gasteiger charge is 2.27. The van der Waals surface area contributed by atoms with Crippen molar-refractivity contribution in [2.24, 2.45) is 0 Å². The predicted octanol–water partition coefficient (Wildman–Crippen LogP) is 2.26. The highest BCUT2D eigenvalue weighted by Crippen LogP contribution is 2.17. The summed E-state index contributed by atoms with van der Waals surface area (Å²) < 4.78 is 40.1. The number of benzene rings is 1. The molecule has 1 aromatic carbocycles. The van der Waals surface area contributed by atoms with Crippen LogP contribution in [-0.2, 0) is 14.3 Å². The van der Waals surface area contributed by atoms with Crippen molar-refractivity contribution in [1.82, 2.24) is 10.6 Å². The fourth-order valence-corrected chi connectivity index (χ4v) is 2.00. The fourth-order valence-electron chi connectivity index (χ4n) is 2.00. The summed E-state index contributed by atoms with van der Waals surface area (Å²) in [6.07, 6.45) is -4.39. The Morgan fingerprint density at radius 1 is 1.21 bits per heavy atom. The minimum Gasteiger partial charge on any atom is -0.370 e. The average molecular weight is 346 g/mol. The number of nitrogens with one attached hydrogen (secondary N) is 2. The number of halogens is 3. The van der Waals surface area contributed by atoms with Crippen LogP contribution in [-0.4, -0.2) is 37.7 Å². The van der Waals surface area contributed by atoms with E-state index < -0.39 is 18.8 Å². The van der Waals surface area contributed by atoms with Gasteiger partial charge in [-0.2, -0.15) is 13.2 Å². The van der Waals surface area contributed by atoms with E-state index in [-0.39, 0.29) is 31.4 Å². The standard InChI is InChI=1S/C16H21F3N2O3/c1-11-3-5-13(6-4-11)14(21-12(2)22)9-15(23)20-7-8-24-10-16(17,18)19/h3-6,14H,7-10H2,1-2H3,(H,20,23)(H,21,22). The molecule has 1 aromatic rings. The lowest BCUT2D eigenvalue weighted by molar-refractivity contribution is -0.173. The Morgan fingerprint density at radius 2 is 1.83 bits per heavy atom. The van der Waals surface area contributed by atoms with Crippen molar-refractivity contribution in [3.05, 3.63) is 35.4 Å². The Morgan fingerprint density at radius 3 is 2.38 bits per heavy atom. The van der Waals surface area contributed by atoms with Gasteiger partial charge < -0.3 is 15.4 Å². The third-order valence-corrected chi connectivity index (χ3v) is 3.08. The first-order valence-electron chi connectivity index (χ1n) is 7.42. The molecule has 1 rings (SSSR count). The molecule has 0 fully saturated rings. The topological polar surface area (TPSA) is 67.4 Å². The second-order valence-corrected chi connectivity index (χ2v) is 5.39. The number of carbonyl (C=O) groups excluding carboxylic acids is 2. The monoisotopic (exact) mass is 346 g/mol. The number of alkyl halides is 3. The van der Waals surface area contributed by atoms with Crippen LogP contribution in [0, 0.1) is 6.92 Å². The van der Waals surface area contributed by atoms with Gasteiger partial charge in [-0.1, -0.05) is 29.8 Å². The maximum Gasteiger partial charge on any atom is 0.411 e. The van der Waals surface area contributed by atoms with E-state index in [9.17, 15) is 22.8 Å². The summed E-state index contributed by atoms with van der Waals surface area (Å²) in [7, 11) is 0. The van der Waals surface area contributed by atoms with E-state index in [1.807, 2.05) is 31.2 Å². The van der Waals surface area contributed by atoms with Crippen LogP contribution < -0.4 is 10.6 Å². The zero-order valence-corrected chi connectivity index (χ0v) is 13.6. The van der Waals surface area contributed by atoms with Crippen LogP contribution in [0.5, 0.6) is 0 Å². The van der Waals surface area contributed by atoms with Crippen molar-refractivity contribution in [3.63, 3.8) is 0 Å². The molecule has 5 nitrogen and oxygen atoms in total. The molecular weight excluding hydrogens is 325 g/mol. The summed E-state index contributed by atoms with van der Waals surface area (Å²) >= 11 is 0. The summed E-state index contributed by atoms with van der Waals surface area (Å²) in [5, 5.41) is 5.16. The Labute approximate surface area is 138 Å². The molecule has 1 atom stereocenters. The molecule has 0 aliphatic rings. The molecule has 24 heavy (non-hydrogen) atoms. The van der Waals surface area contributed by atoms with Crippen molar-refractivity contribution in [1.29, 1.82) is 0 Å². The zero-order valence-electron chi connectivity index (χ0n) is 13.6. The van der Waals surface area contributed by atoms with Gasteiger partial charge in [0, 0.05) is 13.5 Å². The Hall–Kier alpha value is -2.09. The van der Waals surface area contributed by atoms with E-state index >= 15 is 0 Å². The van der Waals surface area contributed by atoms with E-state index in [0.717, 1.165) is 11.1 Å². The molecule has 8 heteroatoms. The molecule has 134 valence electrons. The maximum absolute atomic E-state index is 11.9. The largest absolute Gasteiger partial charge is 0.411 e. The molecule has 1 unspecified atom stereocenters. The van der Waals surface area contributed by atoms with Crippen LogP contribution in [0.3, 0.4) is 0 Å². The smallest absolute Gasteiger partial charge is 0.370 e. The van der Waals surface area contributed by atoms with E-state index in [1.165, 1.54) is 6.92 Å². The van der Waals surface area contributed by atoms with E-state index in [2.05, 4.69) is 15.4 Å². The molecule has 0 aliphatic heterocycles. The van der Waals surface area contributed by atoms with Crippen LogP contribution >= 0.6 is 0 Å². The van der Waals surface area contributed by atoms with Gasteiger partial charge in [0.1, 0.15) is 6.61 Å². The Bertz CT molecular complexity index is 544. The van der Waals surface area contributed by atoms with Gasteiger partial charge in [0.2, 0.25) is 11.8 Å². The molecule has 0 radical (unpaired) electrons. The molecule has 0 spiro atoms. The van der Waals surface area contributed by atoms with Crippen molar-refractivity contribution in [2.75, 3.05) is 19.8 Å². The summed E-state index contributed by atoms with van der Waals surface area (Å²) in [6.45, 7) is 1.66. The Balaban J connectivity index is 2.47. The highest BCUT2D eigenvalue weighted by atomic mass is 19.4. The lowest BCUT2D eigenvalue weighted by atomic mass is 10.0. The van der Waals surface area contributed by atoms with E-state index in [4.69, 9.17) is 0 Å². The van der Waals surface area contributed by atoms with Gasteiger partial charge >= 0.3 is 6.18 Å². The van der Waals surface area contributed by atoms with E-state index in [0.29, 0.717) is 0 Å². The van der Waals surface area contributed by atoms with Crippen LogP contribution in [0.2, 0.25) is 0 Å². The number of ether oxygens (including phenoxy) is 1. The van der Waals surface area contributed by atoms with Gasteiger partial charge in [-0.15, -0.1) is 0 Å². The van der Waals surface area contributed by atoms with Gasteiger partial charge in [-0.3, -0.25) is 9.59 Å². The summed E-state index contributed by atoms with van der Waals surface area (Å²) in [5.74, 6) is -0.660. The molecule has 2 amide bonds. The zero-order chi connectivity index (χ0) is 18.2. The Kier molecular flexibility index (Phi) is 7.70. The number of rotatable bonds is 8. The summed E-state index contributed by atoms with van der Waals surface area (Å²) in [5.41, 5.74) is 1.82. The van der Waals surface area contributed by atoms with Crippen molar-refractivity contribution in [2.45, 2.75) is 32.5 Å². The summed E-state index contributed by atoms with van der Waals surface area (Å²) in [6, 6.07) is 6.87. The molecule has 0 aliphatic carbocycles. The lowest BCUT2D eigenvalue weighted by Crippen LogP contribution is -2.34. The van der Waals surface area contributed by atoms with Crippen molar-refractivity contribution in [3.8, 4) is 0 Å². The van der Waals surface area contributed by atoms with Crippen molar-refractivity contribution < 1.29 is 27.5 Å². The third kappa shape index (κ3) is 8.52. The number of hydrogen-bond donors (Lipinski definition) is 2. The second-order valence-electron chi connectivity index (χ2n) is 5.39. The van der Waals surface area contributed by atoms with Crippen LogP contribution in [0.1, 0.15) is 30.5 Å². The van der Waals surface area contributed by atoms with Gasteiger partial charge in [0.25, 0.3) is 0 Å². The lowest BCUT2D eigenvalue weighted by Gasteiger charge is -2.18. The van der Waals surface area contributed by atoms with Gasteiger partial charge in [0.15, 0.2) is 0 Å². The van der Waals surface area contributed by atoms with Gasteiger partial charge in [-0.25, -0.2) is 0 Å². The third-order valence-electron chi connectivity index (χ3n) is 3.08. The number of hydrogen-bond acceptors (Lipinski definition) is 3. The molecule has 2 N–H and O–H groups in total.